The first-order valence-corrected chi connectivity index (χ1v) is 6.87. The van der Waals surface area contributed by atoms with E-state index in [-0.39, 0.29) is 30.4 Å². The summed E-state index contributed by atoms with van der Waals surface area (Å²) < 4.78 is 0. The summed E-state index contributed by atoms with van der Waals surface area (Å²) in [5.74, 6) is 1.70. The highest BCUT2D eigenvalue weighted by molar-refractivity contribution is 5.85. The van der Waals surface area contributed by atoms with Gasteiger partial charge in [-0.1, -0.05) is 6.92 Å². The molecule has 2 rings (SSSR count). The van der Waals surface area contributed by atoms with Crippen LogP contribution in [0.15, 0.2) is 0 Å². The molecule has 2 unspecified atom stereocenters. The maximum absolute atomic E-state index is 12.1. The van der Waals surface area contributed by atoms with Crippen molar-refractivity contribution in [3.8, 4) is 0 Å². The second-order valence-corrected chi connectivity index (χ2v) is 5.63. The Balaban J connectivity index is 0.00000162. The van der Waals surface area contributed by atoms with Crippen molar-refractivity contribution in [3.63, 3.8) is 0 Å². The molecule has 0 aromatic heterocycles. The first kappa shape index (κ1) is 15.7. The molecule has 2 aliphatic heterocycles. The molecule has 0 radical (unpaired) electrons. The standard InChI is InChI=1S/C13H25N3O.ClH/c1-4-9(2)15-13(17)10(3)16-7-11-5-14-6-12(11)8-16;/h9-12,14H,4-8H2,1-3H3,(H,15,17);1H/t9?,10?,11-,12+;. The van der Waals surface area contributed by atoms with Crippen LogP contribution in [-0.2, 0) is 4.79 Å². The molecule has 0 saturated carbocycles. The number of amides is 1. The van der Waals surface area contributed by atoms with E-state index >= 15 is 0 Å². The second-order valence-electron chi connectivity index (χ2n) is 5.63. The molecule has 2 N–H and O–H groups in total. The van der Waals surface area contributed by atoms with Crippen LogP contribution < -0.4 is 10.6 Å². The van der Waals surface area contributed by atoms with Gasteiger partial charge in [0.05, 0.1) is 6.04 Å². The molecule has 106 valence electrons. The lowest BCUT2D eigenvalue weighted by Crippen LogP contribution is -2.47. The molecule has 2 saturated heterocycles. The van der Waals surface area contributed by atoms with E-state index in [1.54, 1.807) is 0 Å². The summed E-state index contributed by atoms with van der Waals surface area (Å²) in [6.07, 6.45) is 0.994. The minimum atomic E-state index is 0. The third-order valence-electron chi connectivity index (χ3n) is 4.35. The molecule has 1 amide bonds. The molecule has 5 heteroatoms. The number of nitrogens with one attached hydrogen (secondary N) is 2. The monoisotopic (exact) mass is 275 g/mol. The fourth-order valence-electron chi connectivity index (χ4n) is 2.84. The van der Waals surface area contributed by atoms with Gasteiger partial charge >= 0.3 is 0 Å². The molecular weight excluding hydrogens is 250 g/mol. The van der Waals surface area contributed by atoms with Crippen LogP contribution in [0.3, 0.4) is 0 Å². The zero-order valence-corrected chi connectivity index (χ0v) is 12.4. The zero-order chi connectivity index (χ0) is 12.4. The predicted octanol–water partition coefficient (Wildman–Crippen LogP) is 0.863. The largest absolute Gasteiger partial charge is 0.352 e. The summed E-state index contributed by atoms with van der Waals surface area (Å²) in [6.45, 7) is 10.6. The molecule has 2 fully saturated rings. The van der Waals surface area contributed by atoms with Gasteiger partial charge in [-0.3, -0.25) is 9.69 Å². The third kappa shape index (κ3) is 3.37. The average Bonchev–Trinajstić information content (AvgIpc) is 2.87. The number of nitrogens with zero attached hydrogens (tertiary/aromatic N) is 1. The molecule has 2 aliphatic rings. The number of likely N-dealkylation sites (tertiary alicyclic amines) is 1. The lowest BCUT2D eigenvalue weighted by molar-refractivity contribution is -0.126. The molecule has 0 aromatic carbocycles. The van der Waals surface area contributed by atoms with Gasteiger partial charge in [0.2, 0.25) is 5.91 Å². The van der Waals surface area contributed by atoms with E-state index in [2.05, 4.69) is 29.4 Å². The minimum Gasteiger partial charge on any atom is -0.352 e. The molecule has 4 atom stereocenters. The maximum atomic E-state index is 12.1. The first-order chi connectivity index (χ1) is 8.11. The maximum Gasteiger partial charge on any atom is 0.237 e. The molecule has 18 heavy (non-hydrogen) atoms. The van der Waals surface area contributed by atoms with Crippen LogP contribution in [0.2, 0.25) is 0 Å². The summed E-state index contributed by atoms with van der Waals surface area (Å²) in [7, 11) is 0. The topological polar surface area (TPSA) is 44.4 Å². The molecule has 2 heterocycles. The number of rotatable bonds is 4. The minimum absolute atomic E-state index is 0. The van der Waals surface area contributed by atoms with E-state index in [0.29, 0.717) is 0 Å². The Morgan fingerprint density at radius 1 is 1.33 bits per heavy atom. The number of carbonyl (C=O) groups is 1. The Morgan fingerprint density at radius 3 is 2.39 bits per heavy atom. The van der Waals surface area contributed by atoms with Crippen LogP contribution in [-0.4, -0.2) is 49.1 Å². The Hall–Kier alpha value is -0.320. The Morgan fingerprint density at radius 2 is 1.89 bits per heavy atom. The Bertz CT molecular complexity index is 275. The van der Waals surface area contributed by atoms with Crippen LogP contribution in [0, 0.1) is 11.8 Å². The van der Waals surface area contributed by atoms with Crippen molar-refractivity contribution in [1.82, 2.24) is 15.5 Å². The van der Waals surface area contributed by atoms with Crippen LogP contribution >= 0.6 is 12.4 Å². The second kappa shape index (κ2) is 6.73. The van der Waals surface area contributed by atoms with Gasteiger partial charge in [-0.2, -0.15) is 0 Å². The predicted molar refractivity (Wildman–Crippen MR) is 76.0 cm³/mol. The Labute approximate surface area is 116 Å². The number of hydrogen-bond acceptors (Lipinski definition) is 3. The average molecular weight is 276 g/mol. The smallest absolute Gasteiger partial charge is 0.237 e. The summed E-state index contributed by atoms with van der Waals surface area (Å²) in [4.78, 5) is 14.4. The van der Waals surface area contributed by atoms with Crippen molar-refractivity contribution in [3.05, 3.63) is 0 Å². The zero-order valence-electron chi connectivity index (χ0n) is 11.6. The van der Waals surface area contributed by atoms with Crippen molar-refractivity contribution in [1.29, 1.82) is 0 Å². The Kier molecular flexibility index (Phi) is 5.89. The highest BCUT2D eigenvalue weighted by Crippen LogP contribution is 2.27. The van der Waals surface area contributed by atoms with Gasteiger partial charge in [-0.05, 0) is 45.2 Å². The molecular formula is C13H26ClN3O. The number of halogens is 1. The van der Waals surface area contributed by atoms with E-state index in [1.165, 1.54) is 0 Å². The van der Waals surface area contributed by atoms with Gasteiger partial charge in [0, 0.05) is 19.1 Å². The number of carbonyl (C=O) groups excluding carboxylic acids is 1. The lowest BCUT2D eigenvalue weighted by Gasteiger charge is -2.25. The molecule has 4 nitrogen and oxygen atoms in total. The van der Waals surface area contributed by atoms with Gasteiger partial charge in [-0.25, -0.2) is 0 Å². The van der Waals surface area contributed by atoms with Gasteiger partial charge in [-0.15, -0.1) is 12.4 Å². The highest BCUT2D eigenvalue weighted by Gasteiger charge is 2.39. The summed E-state index contributed by atoms with van der Waals surface area (Å²) >= 11 is 0. The van der Waals surface area contributed by atoms with E-state index in [4.69, 9.17) is 0 Å². The SMILES string of the molecule is CCC(C)NC(=O)C(C)N1C[C@H]2CNC[C@H]2C1.Cl. The van der Waals surface area contributed by atoms with Crippen molar-refractivity contribution >= 4 is 18.3 Å². The normalized spacial score (nSPS) is 30.4. The quantitative estimate of drug-likeness (QED) is 0.800. The molecule has 0 aromatic rings. The van der Waals surface area contributed by atoms with Gasteiger partial charge in [0.15, 0.2) is 0 Å². The van der Waals surface area contributed by atoms with Crippen molar-refractivity contribution in [2.24, 2.45) is 11.8 Å². The summed E-state index contributed by atoms with van der Waals surface area (Å²) in [6, 6.07) is 0.309. The van der Waals surface area contributed by atoms with Crippen LogP contribution in [0.4, 0.5) is 0 Å². The molecule has 0 spiro atoms. The van der Waals surface area contributed by atoms with Crippen molar-refractivity contribution in [2.75, 3.05) is 26.2 Å². The molecule has 0 aliphatic carbocycles. The van der Waals surface area contributed by atoms with Crippen LogP contribution in [0.5, 0.6) is 0 Å². The summed E-state index contributed by atoms with van der Waals surface area (Å²) in [5, 5.41) is 6.50. The summed E-state index contributed by atoms with van der Waals surface area (Å²) in [5.41, 5.74) is 0. The molecule has 0 bridgehead atoms. The van der Waals surface area contributed by atoms with E-state index in [1.807, 2.05) is 6.92 Å². The lowest BCUT2D eigenvalue weighted by atomic mass is 10.0. The highest BCUT2D eigenvalue weighted by atomic mass is 35.5. The van der Waals surface area contributed by atoms with Gasteiger partial charge < -0.3 is 10.6 Å². The first-order valence-electron chi connectivity index (χ1n) is 6.87. The van der Waals surface area contributed by atoms with Crippen molar-refractivity contribution < 1.29 is 4.79 Å². The van der Waals surface area contributed by atoms with E-state index in [9.17, 15) is 4.79 Å². The fraction of sp³-hybridized carbons (Fsp3) is 0.923. The van der Waals surface area contributed by atoms with E-state index in [0.717, 1.165) is 44.4 Å². The van der Waals surface area contributed by atoms with Crippen molar-refractivity contribution in [2.45, 2.75) is 39.3 Å². The van der Waals surface area contributed by atoms with Gasteiger partial charge in [0.1, 0.15) is 0 Å². The van der Waals surface area contributed by atoms with Gasteiger partial charge in [0.25, 0.3) is 0 Å². The van der Waals surface area contributed by atoms with Crippen LogP contribution in [0.1, 0.15) is 27.2 Å². The number of hydrogen-bond donors (Lipinski definition) is 2. The fourth-order valence-corrected chi connectivity index (χ4v) is 2.84. The number of fused-ring (bicyclic) bond motifs is 1. The van der Waals surface area contributed by atoms with Crippen LogP contribution in [0.25, 0.3) is 0 Å². The van der Waals surface area contributed by atoms with E-state index < -0.39 is 0 Å². The third-order valence-corrected chi connectivity index (χ3v) is 4.35.